The Kier molecular flexibility index (Phi) is 5.99. The molecule has 2 aromatic carbocycles. The number of fused-ring (bicyclic) bond motifs is 1. The standard InChI is InChI=1S/C20H19Cl3N4O2/c21-12-5-11(19(23)14(22)6-12)9-27-10-13(28)7-17(27)20(29)24-8-18-25-15-3-1-2-4-16(15)26-18/h1-6,13,17,28H,7-10H2,(H,24,29)(H,25,26)/t13-,17+/m1/s1. The van der Waals surface area contributed by atoms with Crippen molar-refractivity contribution in [1.82, 2.24) is 20.2 Å². The number of rotatable bonds is 5. The van der Waals surface area contributed by atoms with Crippen molar-refractivity contribution >= 4 is 51.7 Å². The highest BCUT2D eigenvalue weighted by Crippen LogP contribution is 2.32. The maximum Gasteiger partial charge on any atom is 0.237 e. The van der Waals surface area contributed by atoms with Crippen molar-refractivity contribution in [3.63, 3.8) is 0 Å². The van der Waals surface area contributed by atoms with E-state index in [1.54, 1.807) is 12.1 Å². The summed E-state index contributed by atoms with van der Waals surface area (Å²) in [6, 6.07) is 10.5. The summed E-state index contributed by atoms with van der Waals surface area (Å²) >= 11 is 18.5. The Labute approximate surface area is 182 Å². The lowest BCUT2D eigenvalue weighted by molar-refractivity contribution is -0.125. The number of carbonyl (C=O) groups excluding carboxylic acids is 1. The number of hydrogen-bond acceptors (Lipinski definition) is 4. The summed E-state index contributed by atoms with van der Waals surface area (Å²) in [5.41, 5.74) is 2.48. The second-order valence-corrected chi connectivity index (χ2v) is 8.34. The average molecular weight is 454 g/mol. The van der Waals surface area contributed by atoms with Gasteiger partial charge in [-0.1, -0.05) is 46.9 Å². The van der Waals surface area contributed by atoms with Gasteiger partial charge in [-0.2, -0.15) is 0 Å². The number of nitrogens with one attached hydrogen (secondary N) is 2. The van der Waals surface area contributed by atoms with Crippen LogP contribution in [0.2, 0.25) is 15.1 Å². The third-order valence-corrected chi connectivity index (χ3v) is 6.05. The van der Waals surface area contributed by atoms with E-state index in [1.807, 2.05) is 29.2 Å². The van der Waals surface area contributed by atoms with Crippen LogP contribution in [0.5, 0.6) is 0 Å². The Morgan fingerprint density at radius 2 is 2.07 bits per heavy atom. The van der Waals surface area contributed by atoms with Crippen LogP contribution in [-0.4, -0.2) is 44.6 Å². The normalized spacial score (nSPS) is 19.7. The summed E-state index contributed by atoms with van der Waals surface area (Å²) in [5, 5.41) is 14.3. The third kappa shape index (κ3) is 4.52. The Balaban J connectivity index is 1.45. The lowest BCUT2D eigenvalue weighted by atomic mass is 10.1. The molecule has 0 aliphatic carbocycles. The summed E-state index contributed by atoms with van der Waals surface area (Å²) in [6.07, 6.45) is -0.247. The van der Waals surface area contributed by atoms with Crippen LogP contribution in [0.4, 0.5) is 0 Å². The van der Waals surface area contributed by atoms with E-state index in [9.17, 15) is 9.90 Å². The molecular formula is C20H19Cl3N4O2. The number of hydrogen-bond donors (Lipinski definition) is 3. The van der Waals surface area contributed by atoms with Crippen LogP contribution in [-0.2, 0) is 17.9 Å². The number of H-pyrrole nitrogens is 1. The molecule has 1 aliphatic rings. The second-order valence-electron chi connectivity index (χ2n) is 7.11. The molecule has 0 radical (unpaired) electrons. The van der Waals surface area contributed by atoms with Gasteiger partial charge in [0.2, 0.25) is 5.91 Å². The van der Waals surface area contributed by atoms with Gasteiger partial charge in [0.05, 0.1) is 39.8 Å². The zero-order valence-electron chi connectivity index (χ0n) is 15.3. The van der Waals surface area contributed by atoms with Gasteiger partial charge in [0, 0.05) is 18.1 Å². The van der Waals surface area contributed by atoms with E-state index >= 15 is 0 Å². The molecule has 0 spiro atoms. The first-order valence-corrected chi connectivity index (χ1v) is 10.3. The fourth-order valence-corrected chi connectivity index (χ4v) is 4.35. The maximum absolute atomic E-state index is 12.8. The number of aliphatic hydroxyl groups is 1. The molecule has 1 amide bonds. The minimum atomic E-state index is -0.592. The van der Waals surface area contributed by atoms with Crippen LogP contribution in [0.15, 0.2) is 36.4 Å². The van der Waals surface area contributed by atoms with E-state index in [-0.39, 0.29) is 12.5 Å². The molecule has 0 saturated carbocycles. The van der Waals surface area contributed by atoms with Crippen LogP contribution < -0.4 is 5.32 Å². The van der Waals surface area contributed by atoms with E-state index in [1.165, 1.54) is 0 Å². The third-order valence-electron chi connectivity index (χ3n) is 4.99. The summed E-state index contributed by atoms with van der Waals surface area (Å²) in [4.78, 5) is 22.3. The molecule has 1 aliphatic heterocycles. The van der Waals surface area contributed by atoms with Crippen LogP contribution in [0.3, 0.4) is 0 Å². The first kappa shape index (κ1) is 20.4. The van der Waals surface area contributed by atoms with Crippen molar-refractivity contribution in [2.24, 2.45) is 0 Å². The first-order chi connectivity index (χ1) is 13.9. The molecule has 3 N–H and O–H groups in total. The SMILES string of the molecule is O=C(NCc1nc2ccccc2[nH]1)[C@@H]1C[C@@H](O)CN1Cc1cc(Cl)cc(Cl)c1Cl. The largest absolute Gasteiger partial charge is 0.392 e. The maximum atomic E-state index is 12.8. The molecule has 2 heterocycles. The fraction of sp³-hybridized carbons (Fsp3) is 0.300. The predicted octanol–water partition coefficient (Wildman–Crippen LogP) is 3.77. The van der Waals surface area contributed by atoms with Crippen molar-refractivity contribution in [2.45, 2.75) is 31.7 Å². The van der Waals surface area contributed by atoms with E-state index in [2.05, 4.69) is 15.3 Å². The van der Waals surface area contributed by atoms with E-state index in [4.69, 9.17) is 34.8 Å². The number of carbonyl (C=O) groups is 1. The first-order valence-electron chi connectivity index (χ1n) is 9.17. The molecule has 1 aromatic heterocycles. The summed E-state index contributed by atoms with van der Waals surface area (Å²) < 4.78 is 0. The van der Waals surface area contributed by atoms with Crippen LogP contribution in [0.25, 0.3) is 11.0 Å². The zero-order chi connectivity index (χ0) is 20.5. The molecule has 3 aromatic rings. The molecule has 1 saturated heterocycles. The number of amides is 1. The Morgan fingerprint density at radius 1 is 1.28 bits per heavy atom. The van der Waals surface area contributed by atoms with Crippen LogP contribution in [0, 0.1) is 0 Å². The highest BCUT2D eigenvalue weighted by molar-refractivity contribution is 6.43. The van der Waals surface area contributed by atoms with Crippen molar-refractivity contribution in [3.05, 3.63) is 62.9 Å². The van der Waals surface area contributed by atoms with Gasteiger partial charge in [-0.25, -0.2) is 4.98 Å². The molecule has 29 heavy (non-hydrogen) atoms. The molecule has 0 unspecified atom stereocenters. The van der Waals surface area contributed by atoms with Gasteiger partial charge in [0.1, 0.15) is 5.82 Å². The van der Waals surface area contributed by atoms with E-state index in [0.29, 0.717) is 46.0 Å². The number of aromatic amines is 1. The molecule has 152 valence electrons. The molecule has 4 rings (SSSR count). The second kappa shape index (κ2) is 8.50. The van der Waals surface area contributed by atoms with Crippen LogP contribution >= 0.6 is 34.8 Å². The minimum absolute atomic E-state index is 0.175. The van der Waals surface area contributed by atoms with Crippen molar-refractivity contribution in [3.8, 4) is 0 Å². The smallest absolute Gasteiger partial charge is 0.237 e. The number of para-hydroxylation sites is 2. The number of aromatic nitrogens is 2. The summed E-state index contributed by atoms with van der Waals surface area (Å²) in [6.45, 7) is 1.000. The van der Waals surface area contributed by atoms with Crippen molar-refractivity contribution in [2.75, 3.05) is 6.54 Å². The van der Waals surface area contributed by atoms with Gasteiger partial charge in [-0.3, -0.25) is 9.69 Å². The minimum Gasteiger partial charge on any atom is -0.392 e. The fourth-order valence-electron chi connectivity index (χ4n) is 3.65. The topological polar surface area (TPSA) is 81.2 Å². The molecule has 0 bridgehead atoms. The lowest BCUT2D eigenvalue weighted by Gasteiger charge is -2.24. The van der Waals surface area contributed by atoms with Crippen LogP contribution in [0.1, 0.15) is 17.8 Å². The van der Waals surface area contributed by atoms with Gasteiger partial charge in [-0.15, -0.1) is 0 Å². The van der Waals surface area contributed by atoms with Gasteiger partial charge in [0.15, 0.2) is 0 Å². The Bertz CT molecular complexity index is 1020. The van der Waals surface area contributed by atoms with Gasteiger partial charge in [-0.05, 0) is 36.2 Å². The van der Waals surface area contributed by atoms with Crippen molar-refractivity contribution in [1.29, 1.82) is 0 Å². The van der Waals surface area contributed by atoms with Gasteiger partial charge in [0.25, 0.3) is 0 Å². The monoisotopic (exact) mass is 452 g/mol. The molecule has 9 heteroatoms. The number of aliphatic hydroxyl groups excluding tert-OH is 1. The summed E-state index contributed by atoms with van der Waals surface area (Å²) in [7, 11) is 0. The van der Waals surface area contributed by atoms with E-state index < -0.39 is 12.1 Å². The van der Waals surface area contributed by atoms with Gasteiger partial charge < -0.3 is 15.4 Å². The highest BCUT2D eigenvalue weighted by atomic mass is 35.5. The number of halogens is 3. The highest BCUT2D eigenvalue weighted by Gasteiger charge is 2.36. The molecule has 2 atom stereocenters. The quantitative estimate of drug-likeness (QED) is 0.514. The summed E-state index contributed by atoms with van der Waals surface area (Å²) in [5.74, 6) is 0.501. The molecular weight excluding hydrogens is 435 g/mol. The number of likely N-dealkylation sites (tertiary alicyclic amines) is 1. The number of β-amino-alcohol motifs (C(OH)–C–C–N with tert-alkyl or cyclic N) is 1. The Morgan fingerprint density at radius 3 is 2.86 bits per heavy atom. The molecule has 6 nitrogen and oxygen atoms in total. The predicted molar refractivity (Wildman–Crippen MR) is 114 cm³/mol. The van der Waals surface area contributed by atoms with Gasteiger partial charge >= 0.3 is 0 Å². The van der Waals surface area contributed by atoms with Crippen molar-refractivity contribution < 1.29 is 9.90 Å². The average Bonchev–Trinajstić information content (AvgIpc) is 3.26. The zero-order valence-corrected chi connectivity index (χ0v) is 17.6. The number of benzene rings is 2. The number of nitrogens with zero attached hydrogens (tertiary/aromatic N) is 2. The lowest BCUT2D eigenvalue weighted by Crippen LogP contribution is -2.42. The van der Waals surface area contributed by atoms with E-state index in [0.717, 1.165) is 11.0 Å². The number of imidazole rings is 1. The Hall–Kier alpha value is -1.83. The molecule has 1 fully saturated rings.